The first kappa shape index (κ1) is 29.7. The quantitative estimate of drug-likeness (QED) is 0.112. The van der Waals surface area contributed by atoms with Crippen LogP contribution in [-0.4, -0.2) is 39.3 Å². The van der Waals surface area contributed by atoms with Gasteiger partial charge in [0.25, 0.3) is 0 Å². The van der Waals surface area contributed by atoms with Crippen molar-refractivity contribution in [3.8, 4) is 23.0 Å². The van der Waals surface area contributed by atoms with Crippen LogP contribution in [0.4, 0.5) is 40.4 Å². The molecule has 3 aromatic carbocycles. The summed E-state index contributed by atoms with van der Waals surface area (Å²) in [5.41, 5.74) is -1.01. The Hall–Kier alpha value is -4.27. The van der Waals surface area contributed by atoms with Crippen molar-refractivity contribution in [2.75, 3.05) is 38.6 Å². The van der Waals surface area contributed by atoms with Crippen molar-refractivity contribution in [3.05, 3.63) is 87.1 Å². The molecular weight excluding hydrogens is 661 g/mol. The van der Waals surface area contributed by atoms with E-state index in [0.717, 1.165) is 25.3 Å². The topological polar surface area (TPSA) is 82.2 Å². The summed E-state index contributed by atoms with van der Waals surface area (Å²) in [6.07, 6.45) is 1.20. The molecule has 1 aromatic heterocycles. The summed E-state index contributed by atoms with van der Waals surface area (Å²) in [6.45, 7) is 0. The third kappa shape index (κ3) is 6.09. The number of nitrogens with one attached hydrogen (secondary N) is 1. The number of pyridine rings is 1. The van der Waals surface area contributed by atoms with E-state index in [-0.39, 0.29) is 11.5 Å². The number of anilines is 4. The molecule has 0 spiro atoms. The molecule has 0 saturated heterocycles. The van der Waals surface area contributed by atoms with Gasteiger partial charge in [-0.15, -0.1) is 0 Å². The lowest BCUT2D eigenvalue weighted by atomic mass is 10.1. The molecule has 4 aromatic rings. The molecule has 4 rings (SSSR count). The van der Waals surface area contributed by atoms with Gasteiger partial charge in [0.1, 0.15) is 17.3 Å². The molecule has 0 unspecified atom stereocenters. The lowest BCUT2D eigenvalue weighted by molar-refractivity contribution is 0.0601. The van der Waals surface area contributed by atoms with Gasteiger partial charge in [-0.25, -0.2) is 18.6 Å². The molecule has 1 heterocycles. The zero-order valence-electron chi connectivity index (χ0n) is 22.0. The average Bonchev–Trinajstić information content (AvgIpc) is 2.97. The van der Waals surface area contributed by atoms with Crippen LogP contribution in [0, 0.1) is 26.8 Å². The summed E-state index contributed by atoms with van der Waals surface area (Å²) >= 11 is 1.88. The van der Waals surface area contributed by atoms with Crippen molar-refractivity contribution in [1.29, 1.82) is 0 Å². The number of ether oxygens (including phenoxy) is 4. The second kappa shape index (κ2) is 12.5. The number of nitrogens with zero attached hydrogens (tertiary/aromatic N) is 2. The van der Waals surface area contributed by atoms with Crippen molar-refractivity contribution in [3.63, 3.8) is 0 Å². The van der Waals surface area contributed by atoms with Crippen molar-refractivity contribution in [1.82, 2.24) is 4.98 Å². The van der Waals surface area contributed by atoms with Gasteiger partial charge in [0.15, 0.2) is 23.1 Å². The first-order valence-electron chi connectivity index (χ1n) is 11.7. The van der Waals surface area contributed by atoms with E-state index in [9.17, 15) is 9.18 Å². The maximum absolute atomic E-state index is 15.6. The molecular formula is C28H22F4IN3O5. The van der Waals surface area contributed by atoms with E-state index in [1.54, 1.807) is 18.2 Å². The third-order valence-electron chi connectivity index (χ3n) is 5.89. The van der Waals surface area contributed by atoms with Crippen LogP contribution in [0.1, 0.15) is 10.4 Å². The fourth-order valence-corrected chi connectivity index (χ4v) is 4.27. The minimum absolute atomic E-state index is 0.218. The molecule has 8 nitrogen and oxygen atoms in total. The van der Waals surface area contributed by atoms with E-state index in [4.69, 9.17) is 18.9 Å². The largest absolute Gasteiger partial charge is 0.497 e. The first-order valence-corrected chi connectivity index (χ1v) is 12.8. The van der Waals surface area contributed by atoms with E-state index in [0.29, 0.717) is 20.8 Å². The predicted molar refractivity (Wildman–Crippen MR) is 152 cm³/mol. The van der Waals surface area contributed by atoms with Crippen LogP contribution in [0.3, 0.4) is 0 Å². The fourth-order valence-electron chi connectivity index (χ4n) is 3.82. The van der Waals surface area contributed by atoms with Gasteiger partial charge in [0.05, 0.1) is 44.0 Å². The highest BCUT2D eigenvalue weighted by molar-refractivity contribution is 14.1. The van der Waals surface area contributed by atoms with E-state index < -0.39 is 52.0 Å². The van der Waals surface area contributed by atoms with Crippen LogP contribution in [0.5, 0.6) is 23.0 Å². The molecule has 0 saturated carbocycles. The van der Waals surface area contributed by atoms with Gasteiger partial charge in [-0.3, -0.25) is 0 Å². The lowest BCUT2D eigenvalue weighted by Crippen LogP contribution is -2.15. The van der Waals surface area contributed by atoms with Gasteiger partial charge >= 0.3 is 5.97 Å². The number of halogens is 5. The van der Waals surface area contributed by atoms with E-state index in [2.05, 4.69) is 10.3 Å². The van der Waals surface area contributed by atoms with Gasteiger partial charge in [0, 0.05) is 35.0 Å². The first-order chi connectivity index (χ1) is 19.6. The van der Waals surface area contributed by atoms with E-state index >= 15 is 13.2 Å². The van der Waals surface area contributed by atoms with Gasteiger partial charge in [-0.2, -0.15) is 8.78 Å². The van der Waals surface area contributed by atoms with Crippen molar-refractivity contribution >= 4 is 51.4 Å². The number of hydrogen-bond acceptors (Lipinski definition) is 8. The number of benzene rings is 3. The Morgan fingerprint density at radius 3 is 2.29 bits per heavy atom. The van der Waals surface area contributed by atoms with Crippen molar-refractivity contribution < 1.29 is 41.3 Å². The maximum atomic E-state index is 15.6. The van der Waals surface area contributed by atoms with Gasteiger partial charge < -0.3 is 29.2 Å². The molecule has 0 radical (unpaired) electrons. The van der Waals surface area contributed by atoms with Crippen molar-refractivity contribution in [2.24, 2.45) is 0 Å². The number of carbonyl (C=O) groups excluding carboxylic acids is 1. The van der Waals surface area contributed by atoms with Gasteiger partial charge in [0.2, 0.25) is 11.6 Å². The Morgan fingerprint density at radius 1 is 0.878 bits per heavy atom. The standard InChI is InChI=1S/C28H22F4IN3O5/c1-36(19-8-6-15(38-2)12-21(19)39-3)27-24(31)20(9-10-34-27)41-22-13-16(28(37)40-4)26(25(32)23(22)30)35-18-7-5-14(33)11-17(18)29/h5-13,35H,1-4H3. The normalized spacial score (nSPS) is 10.7. The summed E-state index contributed by atoms with van der Waals surface area (Å²) in [5, 5.41) is 2.39. The smallest absolute Gasteiger partial charge is 0.340 e. The number of methoxy groups -OCH3 is 3. The molecule has 0 fully saturated rings. The van der Waals surface area contributed by atoms with Gasteiger partial charge in [-0.1, -0.05) is 0 Å². The van der Waals surface area contributed by atoms with Crippen LogP contribution in [0.25, 0.3) is 0 Å². The third-order valence-corrected chi connectivity index (χ3v) is 6.56. The maximum Gasteiger partial charge on any atom is 0.340 e. The Labute approximate surface area is 245 Å². The zero-order chi connectivity index (χ0) is 29.8. The minimum atomic E-state index is -1.57. The number of esters is 1. The number of rotatable bonds is 9. The molecule has 0 aliphatic heterocycles. The summed E-state index contributed by atoms with van der Waals surface area (Å²) in [7, 11) is 5.45. The summed E-state index contributed by atoms with van der Waals surface area (Å²) in [6, 6.07) is 10.7. The van der Waals surface area contributed by atoms with Crippen LogP contribution in [0.15, 0.2) is 54.7 Å². The van der Waals surface area contributed by atoms with Crippen LogP contribution in [-0.2, 0) is 4.74 Å². The van der Waals surface area contributed by atoms with Crippen molar-refractivity contribution in [2.45, 2.75) is 0 Å². The summed E-state index contributed by atoms with van der Waals surface area (Å²) in [5.74, 6) is -6.71. The fraction of sp³-hybridized carbons (Fsp3) is 0.143. The summed E-state index contributed by atoms with van der Waals surface area (Å²) in [4.78, 5) is 17.9. The Balaban J connectivity index is 1.74. The molecule has 13 heteroatoms. The summed E-state index contributed by atoms with van der Waals surface area (Å²) < 4.78 is 81.8. The van der Waals surface area contributed by atoms with E-state index in [1.165, 1.54) is 44.5 Å². The average molecular weight is 683 g/mol. The minimum Gasteiger partial charge on any atom is -0.497 e. The predicted octanol–water partition coefficient (Wildman–Crippen LogP) is 7.35. The molecule has 0 atom stereocenters. The molecule has 0 amide bonds. The SMILES string of the molecule is COC(=O)c1cc(Oc2ccnc(N(C)c3ccc(OC)cc3OC)c2F)c(F)c(F)c1Nc1ccc(I)cc1F. The second-order valence-corrected chi connectivity index (χ2v) is 9.56. The number of carbonyl (C=O) groups is 1. The Morgan fingerprint density at radius 2 is 1.63 bits per heavy atom. The van der Waals surface area contributed by atoms with Crippen LogP contribution >= 0.6 is 22.6 Å². The van der Waals surface area contributed by atoms with Gasteiger partial charge in [-0.05, 0) is 52.9 Å². The monoisotopic (exact) mass is 683 g/mol. The highest BCUT2D eigenvalue weighted by Crippen LogP contribution is 2.40. The molecule has 0 bridgehead atoms. The lowest BCUT2D eigenvalue weighted by Gasteiger charge is -2.22. The molecule has 0 aliphatic carbocycles. The zero-order valence-corrected chi connectivity index (χ0v) is 24.2. The molecule has 214 valence electrons. The number of hydrogen-bond donors (Lipinski definition) is 1. The molecule has 0 aliphatic rings. The Kier molecular flexibility index (Phi) is 9.05. The van der Waals surface area contributed by atoms with Crippen LogP contribution in [0.2, 0.25) is 0 Å². The highest BCUT2D eigenvalue weighted by atomic mass is 127. The highest BCUT2D eigenvalue weighted by Gasteiger charge is 2.27. The second-order valence-electron chi connectivity index (χ2n) is 8.31. The number of aromatic nitrogens is 1. The Bertz CT molecular complexity index is 1620. The molecule has 1 N–H and O–H groups in total. The van der Waals surface area contributed by atoms with E-state index in [1.807, 2.05) is 22.6 Å². The molecule has 41 heavy (non-hydrogen) atoms. The van der Waals surface area contributed by atoms with Crippen LogP contribution < -0.4 is 24.4 Å².